The molecular formula is C15H28N2O2. The maximum absolute atomic E-state index is 12.1. The SMILES string of the molecule is CN1CCC[C@H](CN(C)C(=O)CC[C@H]2CCCO2)C1. The van der Waals surface area contributed by atoms with Crippen molar-refractivity contribution in [1.29, 1.82) is 0 Å². The molecule has 2 heterocycles. The van der Waals surface area contributed by atoms with Gasteiger partial charge in [0.25, 0.3) is 0 Å². The van der Waals surface area contributed by atoms with E-state index in [4.69, 9.17) is 4.74 Å². The monoisotopic (exact) mass is 268 g/mol. The Hall–Kier alpha value is -0.610. The molecule has 1 amide bonds. The van der Waals surface area contributed by atoms with Gasteiger partial charge >= 0.3 is 0 Å². The van der Waals surface area contributed by atoms with Crippen molar-refractivity contribution in [3.63, 3.8) is 0 Å². The maximum atomic E-state index is 12.1. The quantitative estimate of drug-likeness (QED) is 0.761. The number of nitrogens with zero attached hydrogens (tertiary/aromatic N) is 2. The van der Waals surface area contributed by atoms with E-state index in [-0.39, 0.29) is 5.91 Å². The largest absolute Gasteiger partial charge is 0.378 e. The number of piperidine rings is 1. The van der Waals surface area contributed by atoms with E-state index in [1.165, 1.54) is 19.4 Å². The van der Waals surface area contributed by atoms with Gasteiger partial charge in [0.05, 0.1) is 6.10 Å². The Morgan fingerprint density at radius 2 is 2.21 bits per heavy atom. The summed E-state index contributed by atoms with van der Waals surface area (Å²) in [4.78, 5) is 16.4. The summed E-state index contributed by atoms with van der Waals surface area (Å²) >= 11 is 0. The van der Waals surface area contributed by atoms with Gasteiger partial charge in [0.1, 0.15) is 0 Å². The van der Waals surface area contributed by atoms with E-state index in [0.29, 0.717) is 18.4 Å². The molecule has 2 atom stereocenters. The Bertz CT molecular complexity index is 290. The molecular weight excluding hydrogens is 240 g/mol. The molecule has 4 nitrogen and oxygen atoms in total. The lowest BCUT2D eigenvalue weighted by Crippen LogP contribution is -2.40. The summed E-state index contributed by atoms with van der Waals surface area (Å²) in [5, 5.41) is 0. The van der Waals surface area contributed by atoms with Crippen LogP contribution in [0.5, 0.6) is 0 Å². The van der Waals surface area contributed by atoms with Crippen LogP contribution in [0.3, 0.4) is 0 Å². The van der Waals surface area contributed by atoms with Crippen LogP contribution >= 0.6 is 0 Å². The van der Waals surface area contributed by atoms with E-state index in [9.17, 15) is 4.79 Å². The van der Waals surface area contributed by atoms with E-state index in [1.54, 1.807) is 0 Å². The van der Waals surface area contributed by atoms with Crippen LogP contribution in [-0.2, 0) is 9.53 Å². The molecule has 0 unspecified atom stereocenters. The fourth-order valence-corrected chi connectivity index (χ4v) is 3.26. The maximum Gasteiger partial charge on any atom is 0.222 e. The summed E-state index contributed by atoms with van der Waals surface area (Å²) < 4.78 is 5.57. The molecule has 0 aromatic rings. The van der Waals surface area contributed by atoms with Crippen LogP contribution in [0.15, 0.2) is 0 Å². The summed E-state index contributed by atoms with van der Waals surface area (Å²) in [5.41, 5.74) is 0. The van der Waals surface area contributed by atoms with Crippen molar-refractivity contribution in [2.75, 3.05) is 40.3 Å². The summed E-state index contributed by atoms with van der Waals surface area (Å²) in [6, 6.07) is 0. The van der Waals surface area contributed by atoms with E-state index in [0.717, 1.165) is 39.0 Å². The minimum Gasteiger partial charge on any atom is -0.378 e. The average molecular weight is 268 g/mol. The minimum atomic E-state index is 0.281. The second kappa shape index (κ2) is 7.25. The highest BCUT2D eigenvalue weighted by Gasteiger charge is 2.22. The molecule has 2 fully saturated rings. The van der Waals surface area contributed by atoms with Crippen LogP contribution in [0, 0.1) is 5.92 Å². The zero-order chi connectivity index (χ0) is 13.7. The summed E-state index contributed by atoms with van der Waals surface area (Å²) in [5.74, 6) is 0.930. The molecule has 0 aliphatic carbocycles. The van der Waals surface area contributed by atoms with Crippen LogP contribution in [0.1, 0.15) is 38.5 Å². The van der Waals surface area contributed by atoms with Crippen molar-refractivity contribution < 1.29 is 9.53 Å². The van der Waals surface area contributed by atoms with E-state index >= 15 is 0 Å². The number of rotatable bonds is 5. The molecule has 2 aliphatic rings. The Labute approximate surface area is 117 Å². The standard InChI is InChI=1S/C15H28N2O2/c1-16-9-3-5-13(11-16)12-17(2)15(18)8-7-14-6-4-10-19-14/h13-14H,3-12H2,1-2H3/t13-,14+/m0/s1. The average Bonchev–Trinajstić information content (AvgIpc) is 2.89. The van der Waals surface area contributed by atoms with E-state index in [1.807, 2.05) is 11.9 Å². The van der Waals surface area contributed by atoms with Crippen LogP contribution in [-0.4, -0.2) is 62.1 Å². The summed E-state index contributed by atoms with van der Waals surface area (Å²) in [7, 11) is 4.12. The Kier molecular flexibility index (Phi) is 5.64. The molecule has 0 N–H and O–H groups in total. The number of hydrogen-bond donors (Lipinski definition) is 0. The fraction of sp³-hybridized carbons (Fsp3) is 0.933. The van der Waals surface area contributed by atoms with E-state index < -0.39 is 0 Å². The molecule has 0 aromatic heterocycles. The predicted molar refractivity (Wildman–Crippen MR) is 76.1 cm³/mol. The molecule has 0 saturated carbocycles. The number of hydrogen-bond acceptors (Lipinski definition) is 3. The van der Waals surface area contributed by atoms with Crippen molar-refractivity contribution in [2.24, 2.45) is 5.92 Å². The third-order valence-corrected chi connectivity index (χ3v) is 4.38. The highest BCUT2D eigenvalue weighted by atomic mass is 16.5. The highest BCUT2D eigenvalue weighted by Crippen LogP contribution is 2.19. The van der Waals surface area contributed by atoms with Gasteiger partial charge in [-0.25, -0.2) is 0 Å². The van der Waals surface area contributed by atoms with Crippen molar-refractivity contribution >= 4 is 5.91 Å². The zero-order valence-electron chi connectivity index (χ0n) is 12.4. The molecule has 19 heavy (non-hydrogen) atoms. The number of carbonyl (C=O) groups is 1. The lowest BCUT2D eigenvalue weighted by molar-refractivity contribution is -0.131. The van der Waals surface area contributed by atoms with Gasteiger partial charge in [-0.2, -0.15) is 0 Å². The topological polar surface area (TPSA) is 32.8 Å². The van der Waals surface area contributed by atoms with Crippen molar-refractivity contribution in [1.82, 2.24) is 9.80 Å². The second-order valence-corrected chi connectivity index (χ2v) is 6.22. The number of ether oxygens (including phenoxy) is 1. The van der Waals surface area contributed by atoms with Crippen LogP contribution in [0.25, 0.3) is 0 Å². The molecule has 110 valence electrons. The third-order valence-electron chi connectivity index (χ3n) is 4.38. The Morgan fingerprint density at radius 3 is 2.89 bits per heavy atom. The second-order valence-electron chi connectivity index (χ2n) is 6.22. The molecule has 0 radical (unpaired) electrons. The number of carbonyl (C=O) groups excluding carboxylic acids is 1. The molecule has 0 bridgehead atoms. The zero-order valence-corrected chi connectivity index (χ0v) is 12.4. The van der Waals surface area contributed by atoms with Gasteiger partial charge in [-0.1, -0.05) is 0 Å². The molecule has 0 spiro atoms. The van der Waals surface area contributed by atoms with Crippen LogP contribution in [0.4, 0.5) is 0 Å². The highest BCUT2D eigenvalue weighted by molar-refractivity contribution is 5.75. The normalized spacial score (nSPS) is 28.5. The van der Waals surface area contributed by atoms with Gasteiger partial charge < -0.3 is 14.5 Å². The lowest BCUT2D eigenvalue weighted by atomic mass is 9.98. The molecule has 2 rings (SSSR count). The molecule has 2 aliphatic heterocycles. The smallest absolute Gasteiger partial charge is 0.222 e. The number of likely N-dealkylation sites (tertiary alicyclic amines) is 1. The van der Waals surface area contributed by atoms with Crippen molar-refractivity contribution in [3.8, 4) is 0 Å². The fourth-order valence-electron chi connectivity index (χ4n) is 3.26. The predicted octanol–water partition coefficient (Wildman–Crippen LogP) is 1.75. The first kappa shape index (κ1) is 14.8. The van der Waals surface area contributed by atoms with E-state index in [2.05, 4.69) is 11.9 Å². The van der Waals surface area contributed by atoms with Gasteiger partial charge in [0.2, 0.25) is 5.91 Å². The van der Waals surface area contributed by atoms with Crippen LogP contribution in [0.2, 0.25) is 0 Å². The van der Waals surface area contributed by atoms with Crippen molar-refractivity contribution in [3.05, 3.63) is 0 Å². The minimum absolute atomic E-state index is 0.281. The Balaban J connectivity index is 1.66. The summed E-state index contributed by atoms with van der Waals surface area (Å²) in [6.45, 7) is 4.12. The number of amides is 1. The molecule has 0 aromatic carbocycles. The first-order chi connectivity index (χ1) is 9.15. The third kappa shape index (κ3) is 4.77. The Morgan fingerprint density at radius 1 is 1.37 bits per heavy atom. The van der Waals surface area contributed by atoms with Gasteiger partial charge in [-0.3, -0.25) is 4.79 Å². The van der Waals surface area contributed by atoms with Gasteiger partial charge in [0.15, 0.2) is 0 Å². The molecule has 4 heteroatoms. The summed E-state index contributed by atoms with van der Waals surface area (Å²) in [6.07, 6.45) is 6.68. The first-order valence-corrected chi connectivity index (χ1v) is 7.69. The van der Waals surface area contributed by atoms with Crippen molar-refractivity contribution in [2.45, 2.75) is 44.6 Å². The van der Waals surface area contributed by atoms with Gasteiger partial charge in [-0.05, 0) is 51.6 Å². The first-order valence-electron chi connectivity index (χ1n) is 7.69. The molecule has 2 saturated heterocycles. The van der Waals surface area contributed by atoms with Gasteiger partial charge in [-0.15, -0.1) is 0 Å². The van der Waals surface area contributed by atoms with Gasteiger partial charge in [0, 0.05) is 33.2 Å². The lowest BCUT2D eigenvalue weighted by Gasteiger charge is -2.32. The van der Waals surface area contributed by atoms with Crippen LogP contribution < -0.4 is 0 Å².